The van der Waals surface area contributed by atoms with E-state index < -0.39 is 36.0 Å². The van der Waals surface area contributed by atoms with Gasteiger partial charge in [0.1, 0.15) is 34.6 Å². The SMILES string of the molecule is CCCO[C@H](C[C@H](C(C)C)N(CCC)C(=O)[C@@H](NC(=O)[C@H]1CCCCN1C)[C@@H](C)CC)c1nc(C(=O)N[C@H]2Cc3ccc(OC(=O)[C@H]4CCCN4)cc3[C@H](C(=O)O)C2)cs1. The van der Waals surface area contributed by atoms with E-state index in [9.17, 15) is 29.1 Å². The lowest BCUT2D eigenvalue weighted by atomic mass is 9.80. The van der Waals surface area contributed by atoms with Crippen LogP contribution in [0.4, 0.5) is 0 Å². The first-order valence-corrected chi connectivity index (χ1v) is 23.1. The van der Waals surface area contributed by atoms with Crippen molar-refractivity contribution in [3.8, 4) is 5.75 Å². The molecule has 5 rings (SSSR count). The number of nitrogens with zero attached hydrogens (tertiary/aromatic N) is 3. The molecule has 0 spiro atoms. The molecule has 0 bridgehead atoms. The predicted molar refractivity (Wildman–Crippen MR) is 231 cm³/mol. The van der Waals surface area contributed by atoms with Gasteiger partial charge < -0.3 is 35.4 Å². The molecule has 60 heavy (non-hydrogen) atoms. The molecular formula is C45H68N6O8S. The molecule has 2 aliphatic heterocycles. The summed E-state index contributed by atoms with van der Waals surface area (Å²) in [6.45, 7) is 14.9. The van der Waals surface area contributed by atoms with E-state index in [4.69, 9.17) is 14.5 Å². The van der Waals surface area contributed by atoms with Crippen LogP contribution in [0.15, 0.2) is 23.6 Å². The molecule has 15 heteroatoms. The first kappa shape index (κ1) is 47.1. The van der Waals surface area contributed by atoms with Crippen molar-refractivity contribution in [1.29, 1.82) is 0 Å². The number of carbonyl (C=O) groups excluding carboxylic acids is 4. The topological polar surface area (TPSA) is 180 Å². The summed E-state index contributed by atoms with van der Waals surface area (Å²) < 4.78 is 12.0. The number of likely N-dealkylation sites (N-methyl/N-ethyl adjacent to an activating group) is 1. The quantitative estimate of drug-likeness (QED) is 0.0928. The summed E-state index contributed by atoms with van der Waals surface area (Å²) in [6, 6.07) is 3.11. The number of piperidine rings is 1. The van der Waals surface area contributed by atoms with E-state index in [1.807, 2.05) is 32.7 Å². The third-order valence-electron chi connectivity index (χ3n) is 12.5. The van der Waals surface area contributed by atoms with E-state index in [2.05, 4.69) is 41.6 Å². The van der Waals surface area contributed by atoms with Crippen LogP contribution in [0.1, 0.15) is 144 Å². The van der Waals surface area contributed by atoms with E-state index in [0.29, 0.717) is 48.7 Å². The van der Waals surface area contributed by atoms with Crippen LogP contribution in [0.2, 0.25) is 0 Å². The van der Waals surface area contributed by atoms with Gasteiger partial charge in [-0.1, -0.05) is 60.5 Å². The Balaban J connectivity index is 1.30. The summed E-state index contributed by atoms with van der Waals surface area (Å²) in [5.74, 6) is -2.59. The smallest absolute Gasteiger partial charge is 0.328 e. The van der Waals surface area contributed by atoms with Crippen LogP contribution in [0.5, 0.6) is 5.75 Å². The third kappa shape index (κ3) is 11.9. The first-order chi connectivity index (χ1) is 28.8. The second kappa shape index (κ2) is 22.3. The van der Waals surface area contributed by atoms with Gasteiger partial charge in [0.25, 0.3) is 5.91 Å². The number of likely N-dealkylation sites (tertiary alicyclic amines) is 1. The lowest BCUT2D eigenvalue weighted by Crippen LogP contribution is -2.58. The Labute approximate surface area is 359 Å². The van der Waals surface area contributed by atoms with Gasteiger partial charge in [-0.05, 0) is 107 Å². The molecular weight excluding hydrogens is 785 g/mol. The highest BCUT2D eigenvalue weighted by Crippen LogP contribution is 2.36. The molecule has 14 nitrogen and oxygen atoms in total. The van der Waals surface area contributed by atoms with Crippen molar-refractivity contribution in [3.63, 3.8) is 0 Å². The number of carboxylic acids is 1. The monoisotopic (exact) mass is 852 g/mol. The van der Waals surface area contributed by atoms with Crippen molar-refractivity contribution in [3.05, 3.63) is 45.4 Å². The number of nitrogens with one attached hydrogen (secondary N) is 3. The van der Waals surface area contributed by atoms with Crippen LogP contribution in [-0.2, 0) is 30.3 Å². The lowest BCUT2D eigenvalue weighted by molar-refractivity contribution is -0.143. The summed E-state index contributed by atoms with van der Waals surface area (Å²) in [4.78, 5) is 76.0. The van der Waals surface area contributed by atoms with Crippen molar-refractivity contribution in [2.24, 2.45) is 11.8 Å². The molecule has 1 aromatic heterocycles. The number of amides is 3. The minimum atomic E-state index is -1.02. The Hall–Kier alpha value is -3.92. The Morgan fingerprint density at radius 2 is 1.85 bits per heavy atom. The van der Waals surface area contributed by atoms with Gasteiger partial charge in [0, 0.05) is 37.0 Å². The maximum atomic E-state index is 14.7. The van der Waals surface area contributed by atoms with Gasteiger partial charge in [-0.2, -0.15) is 0 Å². The lowest BCUT2D eigenvalue weighted by Gasteiger charge is -2.40. The van der Waals surface area contributed by atoms with E-state index in [-0.39, 0.29) is 59.9 Å². The summed E-state index contributed by atoms with van der Waals surface area (Å²) in [5, 5.41) is 21.9. The zero-order valence-electron chi connectivity index (χ0n) is 36.7. The highest BCUT2D eigenvalue weighted by atomic mass is 32.1. The minimum Gasteiger partial charge on any atom is -0.481 e. The number of carbonyl (C=O) groups is 5. The molecule has 2 fully saturated rings. The standard InChI is InChI=1S/C45H68N6O8S/c1-8-19-51(43(54)39(28(6)10-3)49-41(53)36-15-11-12-20-50(36)7)37(27(4)5)25-38(58-21-9-2)42-48-35(26-60-42)40(52)47-30-22-29-16-17-31(24-32(29)33(23-30)44(55)56)59-45(57)34-14-13-18-46-34/h16-17,24,26-28,30,33-34,36-39,46H,8-15,18-23,25H2,1-7H3,(H,47,52)(H,49,53)(H,55,56)/t28-,30-,33+,34+,36+,37+,38+,39-/m0/s1. The Morgan fingerprint density at radius 1 is 1.07 bits per heavy atom. The van der Waals surface area contributed by atoms with Crippen LogP contribution in [0, 0.1) is 11.8 Å². The van der Waals surface area contributed by atoms with E-state index in [0.717, 1.165) is 63.6 Å². The Bertz CT molecular complexity index is 1780. The Morgan fingerprint density at radius 3 is 2.50 bits per heavy atom. The molecule has 2 aromatic rings. The summed E-state index contributed by atoms with van der Waals surface area (Å²) >= 11 is 1.33. The van der Waals surface area contributed by atoms with E-state index >= 15 is 0 Å². The number of thiazole rings is 1. The summed E-state index contributed by atoms with van der Waals surface area (Å²) in [6.07, 6.45) is 7.21. The molecule has 1 aliphatic carbocycles. The largest absolute Gasteiger partial charge is 0.481 e. The molecule has 3 amide bonds. The number of rotatable bonds is 20. The average molecular weight is 853 g/mol. The van der Waals surface area contributed by atoms with Crippen LogP contribution in [-0.4, -0.2) is 113 Å². The van der Waals surface area contributed by atoms with Gasteiger partial charge in [-0.15, -0.1) is 11.3 Å². The number of carboxylic acid groups (broad SMARTS) is 1. The van der Waals surface area contributed by atoms with Crippen molar-refractivity contribution in [1.82, 2.24) is 30.7 Å². The average Bonchev–Trinajstić information content (AvgIpc) is 3.96. The zero-order chi connectivity index (χ0) is 43.5. The van der Waals surface area contributed by atoms with Crippen LogP contribution in [0.3, 0.4) is 0 Å². The summed E-state index contributed by atoms with van der Waals surface area (Å²) in [5.41, 5.74) is 1.57. The van der Waals surface area contributed by atoms with Crippen LogP contribution < -0.4 is 20.7 Å². The second-order valence-electron chi connectivity index (χ2n) is 17.3. The number of hydrogen-bond donors (Lipinski definition) is 4. The number of fused-ring (bicyclic) bond motifs is 1. The normalized spacial score (nSPS) is 22.6. The third-order valence-corrected chi connectivity index (χ3v) is 13.4. The van der Waals surface area contributed by atoms with Gasteiger partial charge in [-0.3, -0.25) is 24.1 Å². The van der Waals surface area contributed by atoms with Crippen LogP contribution in [0.25, 0.3) is 0 Å². The number of aliphatic carboxylic acids is 1. The number of ether oxygens (including phenoxy) is 2. The van der Waals surface area contributed by atoms with Crippen molar-refractivity contribution in [2.75, 3.05) is 33.3 Å². The Kier molecular flexibility index (Phi) is 17.5. The highest BCUT2D eigenvalue weighted by molar-refractivity contribution is 7.09. The molecule has 332 valence electrons. The van der Waals surface area contributed by atoms with E-state index in [1.54, 1.807) is 23.6 Å². The zero-order valence-corrected chi connectivity index (χ0v) is 37.5. The molecule has 0 radical (unpaired) electrons. The van der Waals surface area contributed by atoms with Crippen molar-refractivity contribution >= 4 is 41.0 Å². The summed E-state index contributed by atoms with van der Waals surface area (Å²) in [7, 11) is 1.97. The molecule has 2 saturated heterocycles. The van der Waals surface area contributed by atoms with Crippen molar-refractivity contribution < 1.29 is 38.6 Å². The number of esters is 1. The molecule has 1 aromatic carbocycles. The van der Waals surface area contributed by atoms with Gasteiger partial charge in [0.2, 0.25) is 11.8 Å². The molecule has 8 atom stereocenters. The fourth-order valence-electron chi connectivity index (χ4n) is 8.80. The van der Waals surface area contributed by atoms with E-state index in [1.165, 1.54) is 11.3 Å². The van der Waals surface area contributed by atoms with Crippen LogP contribution >= 0.6 is 11.3 Å². The maximum absolute atomic E-state index is 14.7. The molecule has 0 unspecified atom stereocenters. The molecule has 3 aliphatic rings. The molecule has 4 N–H and O–H groups in total. The predicted octanol–water partition coefficient (Wildman–Crippen LogP) is 5.85. The molecule has 3 heterocycles. The second-order valence-corrected chi connectivity index (χ2v) is 18.2. The van der Waals surface area contributed by atoms with Gasteiger partial charge >= 0.3 is 11.9 Å². The molecule has 0 saturated carbocycles. The highest BCUT2D eigenvalue weighted by Gasteiger charge is 2.39. The van der Waals surface area contributed by atoms with Crippen molar-refractivity contribution in [2.45, 2.75) is 154 Å². The number of hydrogen-bond acceptors (Lipinski definition) is 11. The maximum Gasteiger partial charge on any atom is 0.328 e. The number of benzene rings is 1. The van der Waals surface area contributed by atoms with Gasteiger partial charge in [0.05, 0.1) is 12.0 Å². The first-order valence-electron chi connectivity index (χ1n) is 22.3. The van der Waals surface area contributed by atoms with Gasteiger partial charge in [-0.25, -0.2) is 9.78 Å². The fourth-order valence-corrected chi connectivity index (χ4v) is 9.66. The minimum absolute atomic E-state index is 0.0533. The van der Waals surface area contributed by atoms with Gasteiger partial charge in [0.15, 0.2) is 0 Å². The fraction of sp³-hybridized carbons (Fsp3) is 0.689. The number of aromatic nitrogens is 1.